The van der Waals surface area contributed by atoms with Gasteiger partial charge in [-0.05, 0) is 30.7 Å². The maximum atomic E-state index is 13.7. The van der Waals surface area contributed by atoms with E-state index in [1.54, 1.807) is 36.5 Å². The molecule has 0 fully saturated rings. The molecule has 8 heteroatoms. The minimum atomic E-state index is -0.562. The predicted octanol–water partition coefficient (Wildman–Crippen LogP) is 3.28. The van der Waals surface area contributed by atoms with Gasteiger partial charge in [0.2, 0.25) is 5.91 Å². The fourth-order valence-electron chi connectivity index (χ4n) is 2.84. The molecule has 0 spiro atoms. The molecular formula is C21H22ClFN4O2. The average Bonchev–Trinajstić information content (AvgIpc) is 3.10. The average molecular weight is 417 g/mol. The van der Waals surface area contributed by atoms with Crippen LogP contribution in [0, 0.1) is 12.7 Å². The Balaban J connectivity index is 1.59. The molecule has 1 heterocycles. The van der Waals surface area contributed by atoms with Crippen LogP contribution in [-0.2, 0) is 24.4 Å². The maximum absolute atomic E-state index is 13.7. The van der Waals surface area contributed by atoms with E-state index in [0.717, 1.165) is 17.1 Å². The van der Waals surface area contributed by atoms with Crippen LogP contribution in [0.25, 0.3) is 0 Å². The van der Waals surface area contributed by atoms with Crippen molar-refractivity contribution in [1.82, 2.24) is 15.3 Å². The predicted molar refractivity (Wildman–Crippen MR) is 109 cm³/mol. The Hall–Kier alpha value is -2.90. The van der Waals surface area contributed by atoms with Crippen molar-refractivity contribution in [2.45, 2.75) is 32.5 Å². The molecule has 1 aromatic heterocycles. The van der Waals surface area contributed by atoms with Crippen LogP contribution < -0.4 is 15.8 Å². The Morgan fingerprint density at radius 3 is 2.79 bits per heavy atom. The first-order valence-corrected chi connectivity index (χ1v) is 9.48. The molecule has 3 rings (SSSR count). The second kappa shape index (κ2) is 9.54. The van der Waals surface area contributed by atoms with Crippen molar-refractivity contribution in [3.8, 4) is 5.75 Å². The molecule has 2 aromatic carbocycles. The maximum Gasteiger partial charge on any atom is 0.234 e. The fourth-order valence-corrected chi connectivity index (χ4v) is 3.10. The number of aromatic amines is 1. The molecule has 1 unspecified atom stereocenters. The number of imidazole rings is 1. The van der Waals surface area contributed by atoms with Gasteiger partial charge in [0, 0.05) is 24.7 Å². The van der Waals surface area contributed by atoms with Crippen LogP contribution in [0.4, 0.5) is 4.39 Å². The van der Waals surface area contributed by atoms with Crippen molar-refractivity contribution < 1.29 is 13.9 Å². The summed E-state index contributed by atoms with van der Waals surface area (Å²) in [5.74, 6) is 0.453. The number of ether oxygens (including phenoxy) is 1. The Bertz CT molecular complexity index is 992. The molecule has 0 aliphatic rings. The lowest BCUT2D eigenvalue weighted by molar-refractivity contribution is -0.120. The highest BCUT2D eigenvalue weighted by molar-refractivity contribution is 6.32. The zero-order valence-electron chi connectivity index (χ0n) is 15.9. The first-order valence-electron chi connectivity index (χ1n) is 9.10. The van der Waals surface area contributed by atoms with E-state index < -0.39 is 11.9 Å². The van der Waals surface area contributed by atoms with Crippen LogP contribution in [-0.4, -0.2) is 21.9 Å². The summed E-state index contributed by atoms with van der Waals surface area (Å²) >= 11 is 6.29. The number of halogens is 2. The summed E-state index contributed by atoms with van der Waals surface area (Å²) in [6.45, 7) is 2.31. The number of rotatable bonds is 9. The van der Waals surface area contributed by atoms with Gasteiger partial charge in [0.05, 0.1) is 16.8 Å². The Labute approximate surface area is 173 Å². The van der Waals surface area contributed by atoms with Crippen LogP contribution in [0.1, 0.15) is 22.6 Å². The lowest BCUT2D eigenvalue weighted by atomic mass is 10.1. The van der Waals surface area contributed by atoms with Gasteiger partial charge in [-0.3, -0.25) is 4.79 Å². The van der Waals surface area contributed by atoms with Gasteiger partial charge in [0.25, 0.3) is 0 Å². The van der Waals surface area contributed by atoms with Gasteiger partial charge in [0.1, 0.15) is 24.0 Å². The molecule has 0 saturated carbocycles. The molecule has 0 saturated heterocycles. The molecule has 0 radical (unpaired) electrons. The van der Waals surface area contributed by atoms with E-state index in [2.05, 4.69) is 15.3 Å². The summed E-state index contributed by atoms with van der Waals surface area (Å²) in [4.78, 5) is 19.0. The number of nitrogens with one attached hydrogen (secondary N) is 2. The summed E-state index contributed by atoms with van der Waals surface area (Å²) in [5, 5.41) is 3.53. The molecule has 1 amide bonds. The van der Waals surface area contributed by atoms with Gasteiger partial charge in [-0.25, -0.2) is 9.37 Å². The Morgan fingerprint density at radius 2 is 2.14 bits per heavy atom. The first kappa shape index (κ1) is 20.8. The summed E-state index contributed by atoms with van der Waals surface area (Å²) in [5.41, 5.74) is 7.57. The van der Waals surface area contributed by atoms with Crippen LogP contribution in [0.15, 0.2) is 48.7 Å². The number of amides is 1. The molecule has 0 bridgehead atoms. The summed E-state index contributed by atoms with van der Waals surface area (Å²) < 4.78 is 19.3. The minimum absolute atomic E-state index is 0.0802. The summed E-state index contributed by atoms with van der Waals surface area (Å²) in [6.07, 6.45) is 2.14. The van der Waals surface area contributed by atoms with E-state index in [0.29, 0.717) is 29.3 Å². The number of hydrogen-bond acceptors (Lipinski definition) is 4. The van der Waals surface area contributed by atoms with Crippen LogP contribution >= 0.6 is 11.6 Å². The number of nitrogens with two attached hydrogens (primary N) is 1. The highest BCUT2D eigenvalue weighted by Gasteiger charge is 2.17. The van der Waals surface area contributed by atoms with Gasteiger partial charge >= 0.3 is 0 Å². The number of primary amides is 1. The number of carbonyl (C=O) groups is 1. The van der Waals surface area contributed by atoms with E-state index in [1.807, 2.05) is 13.0 Å². The van der Waals surface area contributed by atoms with Crippen molar-refractivity contribution in [3.63, 3.8) is 0 Å². The lowest BCUT2D eigenvalue weighted by Gasteiger charge is -2.15. The number of benzene rings is 2. The molecule has 1 atom stereocenters. The van der Waals surface area contributed by atoms with Gasteiger partial charge in [0.15, 0.2) is 0 Å². The lowest BCUT2D eigenvalue weighted by Crippen LogP contribution is -2.42. The van der Waals surface area contributed by atoms with E-state index in [4.69, 9.17) is 22.1 Å². The standard InChI is InChI=1S/C21H22ClFN4O2/c1-13-25-11-16(27-13)9-19(21(24)28)26-10-14-6-7-20(17(22)8-14)29-12-15-4-2-3-5-18(15)23/h2-8,11,19,26H,9-10,12H2,1H3,(H2,24,28)(H,25,27). The molecule has 4 N–H and O–H groups in total. The quantitative estimate of drug-likeness (QED) is 0.499. The smallest absolute Gasteiger partial charge is 0.234 e. The zero-order chi connectivity index (χ0) is 20.8. The summed E-state index contributed by atoms with van der Waals surface area (Å²) in [6, 6.07) is 11.1. The van der Waals surface area contributed by atoms with Gasteiger partial charge < -0.3 is 20.8 Å². The molecule has 152 valence electrons. The monoisotopic (exact) mass is 416 g/mol. The first-order chi connectivity index (χ1) is 13.9. The van der Waals surface area contributed by atoms with Gasteiger partial charge in [-0.15, -0.1) is 0 Å². The highest BCUT2D eigenvalue weighted by atomic mass is 35.5. The Kier molecular flexibility index (Phi) is 6.85. The number of nitrogens with zero attached hydrogens (tertiary/aromatic N) is 1. The van der Waals surface area contributed by atoms with E-state index in [9.17, 15) is 9.18 Å². The number of carbonyl (C=O) groups excluding carboxylic acids is 1. The van der Waals surface area contributed by atoms with E-state index in [-0.39, 0.29) is 12.4 Å². The SMILES string of the molecule is Cc1nc(CC(NCc2ccc(OCc3ccccc3F)c(Cl)c2)C(N)=O)c[nH]1. The molecule has 3 aromatic rings. The molecule has 6 nitrogen and oxygen atoms in total. The number of hydrogen-bond donors (Lipinski definition) is 3. The number of aryl methyl sites for hydroxylation is 1. The minimum Gasteiger partial charge on any atom is -0.487 e. The van der Waals surface area contributed by atoms with Crippen molar-refractivity contribution in [1.29, 1.82) is 0 Å². The van der Waals surface area contributed by atoms with Crippen LogP contribution in [0.2, 0.25) is 5.02 Å². The summed E-state index contributed by atoms with van der Waals surface area (Å²) in [7, 11) is 0. The molecule has 0 aliphatic carbocycles. The molecular weight excluding hydrogens is 395 g/mol. The molecule has 29 heavy (non-hydrogen) atoms. The van der Waals surface area contributed by atoms with Crippen molar-refractivity contribution in [3.05, 3.63) is 82.1 Å². The third-order valence-electron chi connectivity index (χ3n) is 4.41. The number of H-pyrrole nitrogens is 1. The van der Waals surface area contributed by atoms with Crippen molar-refractivity contribution in [2.24, 2.45) is 5.73 Å². The molecule has 0 aliphatic heterocycles. The largest absolute Gasteiger partial charge is 0.487 e. The third kappa shape index (κ3) is 5.79. The van der Waals surface area contributed by atoms with Crippen molar-refractivity contribution in [2.75, 3.05) is 0 Å². The fraction of sp³-hybridized carbons (Fsp3) is 0.238. The van der Waals surface area contributed by atoms with Gasteiger partial charge in [-0.2, -0.15) is 0 Å². The van der Waals surface area contributed by atoms with Crippen LogP contribution in [0.5, 0.6) is 5.75 Å². The van der Waals surface area contributed by atoms with Crippen LogP contribution in [0.3, 0.4) is 0 Å². The van der Waals surface area contributed by atoms with Crippen molar-refractivity contribution >= 4 is 17.5 Å². The third-order valence-corrected chi connectivity index (χ3v) is 4.70. The second-order valence-corrected chi connectivity index (χ2v) is 7.07. The normalized spacial score (nSPS) is 12.0. The zero-order valence-corrected chi connectivity index (χ0v) is 16.7. The van der Waals surface area contributed by atoms with Gasteiger partial charge in [-0.1, -0.05) is 35.9 Å². The highest BCUT2D eigenvalue weighted by Crippen LogP contribution is 2.26. The van der Waals surface area contributed by atoms with E-state index in [1.165, 1.54) is 6.07 Å². The Morgan fingerprint density at radius 1 is 1.34 bits per heavy atom. The topological polar surface area (TPSA) is 93.0 Å². The second-order valence-electron chi connectivity index (χ2n) is 6.66. The number of aromatic nitrogens is 2. The van der Waals surface area contributed by atoms with E-state index >= 15 is 0 Å².